The maximum atomic E-state index is 12.5. The predicted octanol–water partition coefficient (Wildman–Crippen LogP) is 3.03. The second-order valence-corrected chi connectivity index (χ2v) is 3.70. The molecule has 15 heavy (non-hydrogen) atoms. The molecule has 1 atom stereocenters. The van der Waals surface area contributed by atoms with Crippen LogP contribution in [0.1, 0.15) is 12.5 Å². The van der Waals surface area contributed by atoms with Gasteiger partial charge < -0.3 is 0 Å². The molecule has 0 spiro atoms. The number of alkyl halides is 3. The van der Waals surface area contributed by atoms with Gasteiger partial charge in [-0.05, 0) is 26.0 Å². The van der Waals surface area contributed by atoms with Crippen LogP contribution in [0, 0.1) is 6.92 Å². The van der Waals surface area contributed by atoms with E-state index >= 15 is 0 Å². The highest BCUT2D eigenvalue weighted by Crippen LogP contribution is 2.50. The van der Waals surface area contributed by atoms with Crippen molar-refractivity contribution < 1.29 is 18.0 Å². The van der Waals surface area contributed by atoms with Crippen molar-refractivity contribution >= 4 is 5.69 Å². The van der Waals surface area contributed by atoms with Gasteiger partial charge in [-0.1, -0.05) is 17.7 Å². The summed E-state index contributed by atoms with van der Waals surface area (Å²) >= 11 is 0. The van der Waals surface area contributed by atoms with E-state index in [1.54, 1.807) is 24.3 Å². The molecule has 1 aliphatic heterocycles. The molecule has 1 saturated heterocycles. The normalized spacial score (nSPS) is 25.5. The Bertz CT molecular complexity index is 373. The van der Waals surface area contributed by atoms with E-state index in [9.17, 15) is 13.2 Å². The predicted molar refractivity (Wildman–Crippen MR) is 49.2 cm³/mol. The summed E-state index contributed by atoms with van der Waals surface area (Å²) in [6, 6.07) is 6.69. The Balaban J connectivity index is 2.21. The van der Waals surface area contributed by atoms with Gasteiger partial charge in [0.2, 0.25) is 0 Å². The van der Waals surface area contributed by atoms with E-state index in [2.05, 4.69) is 4.84 Å². The first kappa shape index (κ1) is 10.3. The summed E-state index contributed by atoms with van der Waals surface area (Å²) < 4.78 is 37.4. The van der Waals surface area contributed by atoms with Crippen LogP contribution < -0.4 is 5.06 Å². The summed E-state index contributed by atoms with van der Waals surface area (Å²) in [5, 5.41) is 0.867. The largest absolute Gasteiger partial charge is 0.441 e. The van der Waals surface area contributed by atoms with Gasteiger partial charge in [-0.3, -0.25) is 0 Å². The molecule has 0 amide bonds. The molecule has 0 unspecified atom stereocenters. The lowest BCUT2D eigenvalue weighted by Gasteiger charge is -2.10. The summed E-state index contributed by atoms with van der Waals surface area (Å²) in [7, 11) is 0. The topological polar surface area (TPSA) is 15.5 Å². The standard InChI is InChI=1S/C10H10F3NO/c1-7-3-5-8(6-4-7)14-9(2,15-14)10(11,12)13/h3-6H,1-2H3/t9-,14?/m0/s1. The second-order valence-electron chi connectivity index (χ2n) is 3.70. The molecule has 0 radical (unpaired) electrons. The fraction of sp³-hybridized carbons (Fsp3) is 0.400. The average Bonchev–Trinajstić information content (AvgIpc) is 2.80. The zero-order valence-corrected chi connectivity index (χ0v) is 8.30. The monoisotopic (exact) mass is 217 g/mol. The van der Waals surface area contributed by atoms with E-state index in [4.69, 9.17) is 0 Å². The summed E-state index contributed by atoms with van der Waals surface area (Å²) in [5.41, 5.74) is -0.753. The average molecular weight is 217 g/mol. The Morgan fingerprint density at radius 1 is 1.20 bits per heavy atom. The van der Waals surface area contributed by atoms with Gasteiger partial charge in [-0.2, -0.15) is 13.2 Å². The van der Waals surface area contributed by atoms with Crippen molar-refractivity contribution in [3.05, 3.63) is 29.8 Å². The Kier molecular flexibility index (Phi) is 1.98. The molecular weight excluding hydrogens is 207 g/mol. The molecule has 82 valence electrons. The van der Waals surface area contributed by atoms with Gasteiger partial charge >= 0.3 is 6.18 Å². The summed E-state index contributed by atoms with van der Waals surface area (Å²) in [5.74, 6) is 0. The highest BCUT2D eigenvalue weighted by atomic mass is 19.4. The first-order valence-corrected chi connectivity index (χ1v) is 4.47. The van der Waals surface area contributed by atoms with Gasteiger partial charge in [0.05, 0.1) is 5.69 Å². The molecule has 0 bridgehead atoms. The Morgan fingerprint density at radius 2 is 1.73 bits per heavy atom. The molecule has 0 aliphatic carbocycles. The fourth-order valence-electron chi connectivity index (χ4n) is 1.30. The molecule has 1 heterocycles. The van der Waals surface area contributed by atoms with Crippen molar-refractivity contribution in [3.8, 4) is 0 Å². The molecule has 1 aromatic carbocycles. The Labute approximate surface area is 85.2 Å². The summed E-state index contributed by atoms with van der Waals surface area (Å²) in [4.78, 5) is 4.60. The number of benzene rings is 1. The van der Waals surface area contributed by atoms with E-state index in [-0.39, 0.29) is 0 Å². The zero-order valence-electron chi connectivity index (χ0n) is 8.30. The number of halogens is 3. The number of nitrogens with zero attached hydrogens (tertiary/aromatic N) is 1. The van der Waals surface area contributed by atoms with Gasteiger partial charge in [0.1, 0.15) is 0 Å². The lowest BCUT2D eigenvalue weighted by atomic mass is 10.2. The van der Waals surface area contributed by atoms with E-state index in [1.807, 2.05) is 6.92 Å². The third kappa shape index (κ3) is 1.56. The molecular formula is C10H10F3NO. The number of rotatable bonds is 1. The minimum Gasteiger partial charge on any atom is -0.230 e. The van der Waals surface area contributed by atoms with E-state index < -0.39 is 11.9 Å². The second kappa shape index (κ2) is 2.88. The first-order chi connectivity index (χ1) is 6.84. The maximum Gasteiger partial charge on any atom is 0.441 e. The lowest BCUT2D eigenvalue weighted by molar-refractivity contribution is -0.178. The van der Waals surface area contributed by atoms with Crippen molar-refractivity contribution in [1.82, 2.24) is 0 Å². The highest BCUT2D eigenvalue weighted by Gasteiger charge is 2.70. The SMILES string of the molecule is Cc1ccc(N2O[C@@]2(C)C(F)(F)F)cc1. The minimum atomic E-state index is -4.38. The minimum absolute atomic E-state index is 0.417. The van der Waals surface area contributed by atoms with Gasteiger partial charge in [0.25, 0.3) is 5.72 Å². The lowest BCUT2D eigenvalue weighted by Crippen LogP contribution is -2.33. The molecule has 1 aliphatic rings. The fourth-order valence-corrected chi connectivity index (χ4v) is 1.30. The van der Waals surface area contributed by atoms with Crippen LogP contribution in [0.5, 0.6) is 0 Å². The van der Waals surface area contributed by atoms with Crippen molar-refractivity contribution in [1.29, 1.82) is 0 Å². The van der Waals surface area contributed by atoms with Crippen LogP contribution in [0.2, 0.25) is 0 Å². The third-order valence-electron chi connectivity index (χ3n) is 2.42. The van der Waals surface area contributed by atoms with E-state index in [0.29, 0.717) is 5.69 Å². The number of hydroxylamine groups is 1. The van der Waals surface area contributed by atoms with Gasteiger partial charge in [-0.25, -0.2) is 9.90 Å². The van der Waals surface area contributed by atoms with Crippen molar-refractivity contribution in [2.75, 3.05) is 5.06 Å². The van der Waals surface area contributed by atoms with Crippen LogP contribution in [-0.4, -0.2) is 11.9 Å². The van der Waals surface area contributed by atoms with Crippen molar-refractivity contribution in [2.45, 2.75) is 25.7 Å². The molecule has 2 nitrogen and oxygen atoms in total. The molecule has 1 aromatic rings. The summed E-state index contributed by atoms with van der Waals surface area (Å²) in [6.07, 6.45) is -4.38. The van der Waals surface area contributed by atoms with Gasteiger partial charge in [-0.15, -0.1) is 0 Å². The molecule has 0 N–H and O–H groups in total. The van der Waals surface area contributed by atoms with E-state index in [0.717, 1.165) is 17.6 Å². The van der Waals surface area contributed by atoms with Crippen LogP contribution in [0.15, 0.2) is 24.3 Å². The van der Waals surface area contributed by atoms with Gasteiger partial charge in [0, 0.05) is 0 Å². The first-order valence-electron chi connectivity index (χ1n) is 4.47. The molecule has 0 saturated carbocycles. The van der Waals surface area contributed by atoms with Gasteiger partial charge in [0.15, 0.2) is 0 Å². The van der Waals surface area contributed by atoms with Crippen LogP contribution >= 0.6 is 0 Å². The van der Waals surface area contributed by atoms with Crippen LogP contribution in [0.4, 0.5) is 18.9 Å². The third-order valence-corrected chi connectivity index (χ3v) is 2.42. The Morgan fingerprint density at radius 3 is 2.13 bits per heavy atom. The van der Waals surface area contributed by atoms with Crippen molar-refractivity contribution in [2.24, 2.45) is 0 Å². The van der Waals surface area contributed by atoms with Crippen LogP contribution in [0.3, 0.4) is 0 Å². The highest BCUT2D eigenvalue weighted by molar-refractivity contribution is 5.51. The molecule has 5 heteroatoms. The zero-order chi connectivity index (χ0) is 11.3. The number of hydrogen-bond acceptors (Lipinski definition) is 2. The van der Waals surface area contributed by atoms with Crippen LogP contribution in [0.25, 0.3) is 0 Å². The number of hydrogen-bond donors (Lipinski definition) is 0. The number of anilines is 1. The molecule has 2 rings (SSSR count). The van der Waals surface area contributed by atoms with Crippen LogP contribution in [-0.2, 0) is 4.84 Å². The van der Waals surface area contributed by atoms with Crippen molar-refractivity contribution in [3.63, 3.8) is 0 Å². The maximum absolute atomic E-state index is 12.5. The van der Waals surface area contributed by atoms with E-state index in [1.165, 1.54) is 0 Å². The number of aryl methyl sites for hydroxylation is 1. The quantitative estimate of drug-likeness (QED) is 0.672. The molecule has 0 aromatic heterocycles. The molecule has 1 fully saturated rings. The summed E-state index contributed by atoms with van der Waals surface area (Å²) in [6.45, 7) is 2.88. The Hall–Kier alpha value is -1.23. The smallest absolute Gasteiger partial charge is 0.230 e.